The van der Waals surface area contributed by atoms with Gasteiger partial charge >= 0.3 is 5.69 Å². The van der Waals surface area contributed by atoms with Gasteiger partial charge in [0.1, 0.15) is 11.1 Å². The number of aliphatic imine (C=N–C) groups is 1. The lowest BCUT2D eigenvalue weighted by Crippen LogP contribution is -2.26. The molecule has 0 saturated carbocycles. The molecule has 0 saturated heterocycles. The highest BCUT2D eigenvalue weighted by atomic mass is 32.1. The summed E-state index contributed by atoms with van der Waals surface area (Å²) in [5, 5.41) is 32.9. The summed E-state index contributed by atoms with van der Waals surface area (Å²) in [4.78, 5) is 26.8. The molecule has 11 heteroatoms. The van der Waals surface area contributed by atoms with Crippen LogP contribution in [0.1, 0.15) is 48.8 Å². The van der Waals surface area contributed by atoms with Crippen LogP contribution < -0.4 is 9.47 Å². The number of nitro benzene ring substituents is 2. The predicted octanol–water partition coefficient (Wildman–Crippen LogP) is 7.14. The zero-order chi connectivity index (χ0) is 27.6. The maximum Gasteiger partial charge on any atom is 0.318 e. The molecule has 0 unspecified atom stereocenters. The first-order valence-corrected chi connectivity index (χ1v) is 12.7. The van der Waals surface area contributed by atoms with Gasteiger partial charge in [0.25, 0.3) is 5.69 Å². The second-order valence-corrected chi connectivity index (χ2v) is 11.1. The molecule has 0 radical (unpaired) electrons. The Morgan fingerprint density at radius 1 is 1.11 bits per heavy atom. The van der Waals surface area contributed by atoms with Gasteiger partial charge in [-0.3, -0.25) is 20.2 Å². The first-order valence-electron chi connectivity index (χ1n) is 11.9. The van der Waals surface area contributed by atoms with Crippen LogP contribution in [0.3, 0.4) is 0 Å². The number of methoxy groups -OCH3 is 1. The van der Waals surface area contributed by atoms with Crippen molar-refractivity contribution in [2.24, 2.45) is 16.3 Å². The molecule has 0 aliphatic heterocycles. The van der Waals surface area contributed by atoms with Gasteiger partial charge in [0, 0.05) is 17.2 Å². The molecule has 3 aromatic rings. The number of non-ortho nitro benzene ring substituents is 1. The molecule has 38 heavy (non-hydrogen) atoms. The molecule has 0 bridgehead atoms. The van der Waals surface area contributed by atoms with Gasteiger partial charge in [-0.1, -0.05) is 20.8 Å². The van der Waals surface area contributed by atoms with Crippen molar-refractivity contribution in [1.29, 1.82) is 5.26 Å². The fraction of sp³-hybridized carbons (Fsp3) is 0.333. The van der Waals surface area contributed by atoms with E-state index in [0.29, 0.717) is 27.8 Å². The molecule has 1 aliphatic rings. The maximum absolute atomic E-state index is 11.4. The van der Waals surface area contributed by atoms with Crippen LogP contribution in [0.2, 0.25) is 0 Å². The van der Waals surface area contributed by atoms with Crippen LogP contribution >= 0.6 is 11.3 Å². The molecular weight excluding hydrogens is 508 g/mol. The number of hydrogen-bond acceptors (Lipinski definition) is 9. The molecule has 1 aromatic heterocycles. The first-order chi connectivity index (χ1) is 18.0. The fourth-order valence-electron chi connectivity index (χ4n) is 4.47. The lowest BCUT2D eigenvalue weighted by atomic mass is 9.72. The van der Waals surface area contributed by atoms with Gasteiger partial charge < -0.3 is 9.47 Å². The molecule has 0 spiro atoms. The van der Waals surface area contributed by atoms with Gasteiger partial charge in [-0.2, -0.15) is 5.26 Å². The Morgan fingerprint density at radius 3 is 2.47 bits per heavy atom. The van der Waals surface area contributed by atoms with E-state index in [2.05, 4.69) is 31.8 Å². The Labute approximate surface area is 223 Å². The minimum atomic E-state index is -0.743. The molecule has 1 atom stereocenters. The van der Waals surface area contributed by atoms with E-state index in [-0.39, 0.29) is 16.9 Å². The monoisotopic (exact) mass is 534 g/mol. The Bertz CT molecular complexity index is 1480. The van der Waals surface area contributed by atoms with Crippen molar-refractivity contribution in [2.75, 3.05) is 7.11 Å². The van der Waals surface area contributed by atoms with Crippen LogP contribution in [-0.4, -0.2) is 23.2 Å². The number of rotatable bonds is 7. The third-order valence-electron chi connectivity index (χ3n) is 6.67. The van der Waals surface area contributed by atoms with Gasteiger partial charge in [0.05, 0.1) is 28.6 Å². The molecule has 4 rings (SSSR count). The Hall–Kier alpha value is -4.30. The summed E-state index contributed by atoms with van der Waals surface area (Å²) in [7, 11) is 1.43. The van der Waals surface area contributed by atoms with Crippen LogP contribution in [-0.2, 0) is 12.8 Å². The van der Waals surface area contributed by atoms with Gasteiger partial charge in [0.15, 0.2) is 11.5 Å². The van der Waals surface area contributed by atoms with E-state index in [1.807, 2.05) is 0 Å². The molecule has 0 fully saturated rings. The van der Waals surface area contributed by atoms with E-state index in [1.54, 1.807) is 35.8 Å². The third-order valence-corrected chi connectivity index (χ3v) is 7.83. The number of benzene rings is 2. The van der Waals surface area contributed by atoms with Crippen molar-refractivity contribution in [3.05, 3.63) is 78.2 Å². The summed E-state index contributed by atoms with van der Waals surface area (Å²) in [5.41, 5.74) is 1.67. The van der Waals surface area contributed by atoms with Crippen LogP contribution in [0.15, 0.2) is 41.4 Å². The lowest BCUT2D eigenvalue weighted by molar-refractivity contribution is -0.394. The quantitative estimate of drug-likeness (QED) is 0.178. The number of thiophene rings is 1. The molecule has 1 aliphatic carbocycles. The predicted molar refractivity (Wildman–Crippen MR) is 144 cm³/mol. The zero-order valence-corrected chi connectivity index (χ0v) is 22.2. The standard InChI is InChI=1S/C27H26N4O6S/c1-27(2,3)17-6-8-19-20(14-28)26(38-25(19)12-17)29-15-16-5-9-23(24(11-16)36-4)37-22-10-7-18(30(32)33)13-21(22)31(34)35/h5,7,9-11,13,15,17H,6,8,12H2,1-4H3/t17-/m1/s1. The van der Waals surface area contributed by atoms with E-state index in [9.17, 15) is 25.5 Å². The van der Waals surface area contributed by atoms with Crippen LogP contribution in [0.4, 0.5) is 16.4 Å². The van der Waals surface area contributed by atoms with E-state index in [1.165, 1.54) is 18.1 Å². The van der Waals surface area contributed by atoms with Gasteiger partial charge in [-0.25, -0.2) is 4.99 Å². The Morgan fingerprint density at radius 2 is 1.84 bits per heavy atom. The summed E-state index contributed by atoms with van der Waals surface area (Å²) >= 11 is 1.56. The maximum atomic E-state index is 11.4. The highest BCUT2D eigenvalue weighted by Crippen LogP contribution is 2.45. The summed E-state index contributed by atoms with van der Waals surface area (Å²) in [5.74, 6) is 0.886. The van der Waals surface area contributed by atoms with Gasteiger partial charge in [-0.05, 0) is 66.0 Å². The van der Waals surface area contributed by atoms with E-state index in [4.69, 9.17) is 9.47 Å². The molecule has 10 nitrogen and oxygen atoms in total. The molecular formula is C27H26N4O6S. The normalized spacial score (nSPS) is 15.1. The summed E-state index contributed by atoms with van der Waals surface area (Å²) in [6.07, 6.45) is 4.51. The molecule has 196 valence electrons. The number of nitrogens with zero attached hydrogens (tertiary/aromatic N) is 4. The molecule has 1 heterocycles. The van der Waals surface area contributed by atoms with Gasteiger partial charge in [-0.15, -0.1) is 11.3 Å². The second kappa shape index (κ2) is 10.6. The van der Waals surface area contributed by atoms with E-state index in [0.717, 1.165) is 37.0 Å². The number of nitriles is 1. The van der Waals surface area contributed by atoms with Crippen molar-refractivity contribution in [1.82, 2.24) is 0 Å². The lowest BCUT2D eigenvalue weighted by Gasteiger charge is -2.33. The molecule has 0 N–H and O–H groups in total. The van der Waals surface area contributed by atoms with E-state index < -0.39 is 21.2 Å². The van der Waals surface area contributed by atoms with E-state index >= 15 is 0 Å². The number of fused-ring (bicyclic) bond motifs is 1. The average Bonchev–Trinajstić information content (AvgIpc) is 3.24. The number of hydrogen-bond donors (Lipinski definition) is 0. The Kier molecular flexibility index (Phi) is 7.46. The topological polar surface area (TPSA) is 141 Å². The highest BCUT2D eigenvalue weighted by Gasteiger charge is 2.32. The summed E-state index contributed by atoms with van der Waals surface area (Å²) in [6.45, 7) is 6.75. The molecule has 2 aromatic carbocycles. The number of nitro groups is 2. The largest absolute Gasteiger partial charge is 0.493 e. The van der Waals surface area contributed by atoms with Crippen molar-refractivity contribution in [3.63, 3.8) is 0 Å². The van der Waals surface area contributed by atoms with Crippen LogP contribution in [0.5, 0.6) is 17.2 Å². The van der Waals surface area contributed by atoms with Crippen LogP contribution in [0, 0.1) is 42.9 Å². The van der Waals surface area contributed by atoms with Crippen molar-refractivity contribution in [3.8, 4) is 23.3 Å². The van der Waals surface area contributed by atoms with Crippen molar-refractivity contribution < 1.29 is 19.3 Å². The highest BCUT2D eigenvalue weighted by molar-refractivity contribution is 7.16. The smallest absolute Gasteiger partial charge is 0.318 e. The average molecular weight is 535 g/mol. The first kappa shape index (κ1) is 26.8. The Balaban J connectivity index is 1.59. The van der Waals surface area contributed by atoms with Crippen molar-refractivity contribution in [2.45, 2.75) is 40.0 Å². The SMILES string of the molecule is COc1cc(C=Nc2sc3c(c2C#N)CC[C@@H](C(C)(C)C)C3)ccc1Oc1ccc([N+](=O)[O-])cc1[N+](=O)[O-]. The minimum absolute atomic E-state index is 0.156. The third kappa shape index (κ3) is 5.50. The number of ether oxygens (including phenoxy) is 2. The second-order valence-electron chi connectivity index (χ2n) is 10.0. The summed E-state index contributed by atoms with van der Waals surface area (Å²) in [6, 6.07) is 10.4. The zero-order valence-electron chi connectivity index (χ0n) is 21.4. The molecule has 0 amide bonds. The minimum Gasteiger partial charge on any atom is -0.493 e. The van der Waals surface area contributed by atoms with Crippen molar-refractivity contribution >= 4 is 33.9 Å². The van der Waals surface area contributed by atoms with Crippen LogP contribution in [0.25, 0.3) is 0 Å². The fourth-order valence-corrected chi connectivity index (χ4v) is 5.69. The summed E-state index contributed by atoms with van der Waals surface area (Å²) < 4.78 is 11.1. The van der Waals surface area contributed by atoms with Gasteiger partial charge in [0.2, 0.25) is 5.75 Å².